The van der Waals surface area contributed by atoms with Gasteiger partial charge >= 0.3 is 5.69 Å². The molecule has 0 bridgehead atoms. The highest BCUT2D eigenvalue weighted by atomic mass is 16.6. The number of methoxy groups -OCH3 is 2. The third-order valence-electron chi connectivity index (χ3n) is 7.10. The van der Waals surface area contributed by atoms with Crippen LogP contribution in [-0.4, -0.2) is 58.9 Å². The van der Waals surface area contributed by atoms with Crippen molar-refractivity contribution in [2.24, 2.45) is 0 Å². The molecule has 3 N–H and O–H groups in total. The number of ether oxygens (including phenoxy) is 4. The minimum absolute atomic E-state index is 0.153. The first-order chi connectivity index (χ1) is 19.4. The number of benzene rings is 3. The van der Waals surface area contributed by atoms with Crippen molar-refractivity contribution in [3.63, 3.8) is 0 Å². The zero-order valence-corrected chi connectivity index (χ0v) is 22.0. The second-order valence-electron chi connectivity index (χ2n) is 9.38. The Morgan fingerprint density at radius 3 is 1.88 bits per heavy atom. The monoisotopic (exact) mass is 546 g/mol. The molecule has 2 heterocycles. The molecule has 3 aromatic carbocycles. The molecule has 1 aromatic heterocycles. The molecule has 5 rings (SSSR count). The molecule has 1 aliphatic heterocycles. The van der Waals surface area contributed by atoms with E-state index in [1.54, 1.807) is 14.2 Å². The van der Waals surface area contributed by atoms with Gasteiger partial charge < -0.3 is 29.2 Å². The Hall–Kier alpha value is -4.22. The first kappa shape index (κ1) is 27.4. The molecule has 1 aliphatic rings. The SMILES string of the molecule is COc1ccc(C(OCC2OC(n3ccc(=O)[nH]c3=O)C(O)C2O)(c2ccccc2)c2ccc(OC)cc2)cc1. The summed E-state index contributed by atoms with van der Waals surface area (Å²) in [6.07, 6.45) is -3.82. The topological polar surface area (TPSA) is 132 Å². The van der Waals surface area contributed by atoms with Crippen LogP contribution in [0.25, 0.3) is 0 Å². The summed E-state index contributed by atoms with van der Waals surface area (Å²) < 4.78 is 24.5. The molecule has 0 radical (unpaired) electrons. The van der Waals surface area contributed by atoms with E-state index in [0.717, 1.165) is 27.3 Å². The van der Waals surface area contributed by atoms with Crippen molar-refractivity contribution in [2.75, 3.05) is 20.8 Å². The molecule has 0 aliphatic carbocycles. The van der Waals surface area contributed by atoms with Gasteiger partial charge in [-0.25, -0.2) is 4.79 Å². The van der Waals surface area contributed by atoms with E-state index in [1.807, 2.05) is 78.9 Å². The summed E-state index contributed by atoms with van der Waals surface area (Å²) >= 11 is 0. The Kier molecular flexibility index (Phi) is 7.85. The summed E-state index contributed by atoms with van der Waals surface area (Å²) in [5.41, 5.74) is -0.133. The van der Waals surface area contributed by atoms with Crippen LogP contribution in [0.15, 0.2) is 101 Å². The molecule has 4 unspecified atom stereocenters. The first-order valence-corrected chi connectivity index (χ1v) is 12.7. The maximum absolute atomic E-state index is 12.3. The van der Waals surface area contributed by atoms with Crippen LogP contribution >= 0.6 is 0 Å². The first-order valence-electron chi connectivity index (χ1n) is 12.7. The summed E-state index contributed by atoms with van der Waals surface area (Å²) in [5.74, 6) is 1.35. The van der Waals surface area contributed by atoms with Crippen LogP contribution in [0.2, 0.25) is 0 Å². The van der Waals surface area contributed by atoms with Crippen molar-refractivity contribution in [2.45, 2.75) is 30.1 Å². The highest BCUT2D eigenvalue weighted by molar-refractivity contribution is 5.49. The van der Waals surface area contributed by atoms with Gasteiger partial charge in [0.25, 0.3) is 5.56 Å². The van der Waals surface area contributed by atoms with Gasteiger partial charge in [-0.2, -0.15) is 0 Å². The van der Waals surface area contributed by atoms with Crippen LogP contribution in [0.1, 0.15) is 22.9 Å². The Morgan fingerprint density at radius 2 is 1.35 bits per heavy atom. The lowest BCUT2D eigenvalue weighted by molar-refractivity contribution is -0.0958. The average molecular weight is 547 g/mol. The molecule has 0 amide bonds. The van der Waals surface area contributed by atoms with Gasteiger partial charge in [0.1, 0.15) is 35.4 Å². The van der Waals surface area contributed by atoms with Gasteiger partial charge in [-0.05, 0) is 41.0 Å². The van der Waals surface area contributed by atoms with Crippen molar-refractivity contribution < 1.29 is 29.2 Å². The van der Waals surface area contributed by atoms with Gasteiger partial charge in [-0.3, -0.25) is 14.3 Å². The smallest absolute Gasteiger partial charge is 0.330 e. The summed E-state index contributed by atoms with van der Waals surface area (Å²) in [6.45, 7) is -0.153. The van der Waals surface area contributed by atoms with Gasteiger partial charge in [-0.15, -0.1) is 0 Å². The Morgan fingerprint density at radius 1 is 0.800 bits per heavy atom. The van der Waals surface area contributed by atoms with Crippen molar-refractivity contribution in [3.05, 3.63) is 129 Å². The zero-order valence-electron chi connectivity index (χ0n) is 22.0. The molecule has 10 nitrogen and oxygen atoms in total. The molecule has 10 heteroatoms. The Labute approximate surface area is 230 Å². The highest BCUT2D eigenvalue weighted by Crippen LogP contribution is 2.42. The second-order valence-corrected chi connectivity index (χ2v) is 9.38. The third kappa shape index (κ3) is 5.05. The lowest BCUT2D eigenvalue weighted by atomic mass is 9.80. The van der Waals surface area contributed by atoms with E-state index >= 15 is 0 Å². The average Bonchev–Trinajstić information content (AvgIpc) is 3.27. The van der Waals surface area contributed by atoms with Crippen molar-refractivity contribution in [1.82, 2.24) is 9.55 Å². The summed E-state index contributed by atoms with van der Waals surface area (Å²) in [6, 6.07) is 25.7. The minimum Gasteiger partial charge on any atom is -0.497 e. The molecule has 208 valence electrons. The number of hydrogen-bond donors (Lipinski definition) is 3. The molecule has 40 heavy (non-hydrogen) atoms. The van der Waals surface area contributed by atoms with E-state index in [4.69, 9.17) is 18.9 Å². The molecule has 0 spiro atoms. The fourth-order valence-electron chi connectivity index (χ4n) is 5.01. The molecule has 4 atom stereocenters. The second kappa shape index (κ2) is 11.5. The Balaban J connectivity index is 1.56. The van der Waals surface area contributed by atoms with Gasteiger partial charge in [0.2, 0.25) is 0 Å². The van der Waals surface area contributed by atoms with Gasteiger partial charge in [0.05, 0.1) is 20.8 Å². The zero-order chi connectivity index (χ0) is 28.3. The van der Waals surface area contributed by atoms with E-state index in [1.165, 1.54) is 6.20 Å². The fourth-order valence-corrected chi connectivity index (χ4v) is 5.01. The van der Waals surface area contributed by atoms with Crippen molar-refractivity contribution in [3.8, 4) is 11.5 Å². The number of hydrogen-bond acceptors (Lipinski definition) is 8. The standard InChI is InChI=1S/C30H30N2O8/c1-37-22-12-8-20(9-13-22)30(19-6-4-3-5-7-19,21-10-14-23(38-2)15-11-21)39-18-24-26(34)27(35)28(40-24)32-17-16-25(33)31-29(32)36/h3-17,24,26-28,34-35H,18H2,1-2H3,(H,31,33,36). The van der Waals surface area contributed by atoms with Crippen molar-refractivity contribution >= 4 is 0 Å². The molecule has 4 aromatic rings. The third-order valence-corrected chi connectivity index (χ3v) is 7.10. The lowest BCUT2D eigenvalue weighted by Gasteiger charge is -2.37. The molecular weight excluding hydrogens is 516 g/mol. The van der Waals surface area contributed by atoms with Crippen LogP contribution in [0, 0.1) is 0 Å². The predicted molar refractivity (Wildman–Crippen MR) is 146 cm³/mol. The minimum atomic E-state index is -1.44. The predicted octanol–water partition coefficient (Wildman–Crippen LogP) is 2.18. The number of rotatable bonds is 9. The number of aliphatic hydroxyl groups excluding tert-OH is 2. The number of nitrogens with zero attached hydrogens (tertiary/aromatic N) is 1. The van der Waals surface area contributed by atoms with E-state index in [-0.39, 0.29) is 6.61 Å². The van der Waals surface area contributed by atoms with Gasteiger partial charge in [-0.1, -0.05) is 54.6 Å². The molecular formula is C30H30N2O8. The fraction of sp³-hybridized carbons (Fsp3) is 0.267. The van der Waals surface area contributed by atoms with Crippen LogP contribution in [-0.2, 0) is 15.1 Å². The number of H-pyrrole nitrogens is 1. The number of aromatic amines is 1. The molecule has 1 fully saturated rings. The van der Waals surface area contributed by atoms with Crippen LogP contribution in [0.5, 0.6) is 11.5 Å². The van der Waals surface area contributed by atoms with Gasteiger partial charge in [0, 0.05) is 12.3 Å². The van der Waals surface area contributed by atoms with E-state index < -0.39 is 41.4 Å². The van der Waals surface area contributed by atoms with Crippen LogP contribution in [0.3, 0.4) is 0 Å². The Bertz CT molecular complexity index is 1490. The van der Waals surface area contributed by atoms with E-state index in [9.17, 15) is 19.8 Å². The summed E-state index contributed by atoms with van der Waals surface area (Å²) in [5, 5.41) is 21.7. The maximum atomic E-state index is 12.3. The number of aliphatic hydroxyl groups is 2. The van der Waals surface area contributed by atoms with Crippen LogP contribution in [0.4, 0.5) is 0 Å². The quantitative estimate of drug-likeness (QED) is 0.272. The normalized spacial score (nSPS) is 20.8. The van der Waals surface area contributed by atoms with E-state index in [0.29, 0.717) is 11.5 Å². The summed E-state index contributed by atoms with van der Waals surface area (Å²) in [7, 11) is 3.18. The number of nitrogens with one attached hydrogen (secondary N) is 1. The largest absolute Gasteiger partial charge is 0.497 e. The maximum Gasteiger partial charge on any atom is 0.330 e. The lowest BCUT2D eigenvalue weighted by Crippen LogP contribution is -2.40. The van der Waals surface area contributed by atoms with Crippen LogP contribution < -0.4 is 20.7 Å². The molecule has 0 saturated carbocycles. The molecule has 1 saturated heterocycles. The van der Waals surface area contributed by atoms with Gasteiger partial charge in [0.15, 0.2) is 6.23 Å². The summed E-state index contributed by atoms with van der Waals surface area (Å²) in [4.78, 5) is 26.0. The van der Waals surface area contributed by atoms with Crippen molar-refractivity contribution in [1.29, 1.82) is 0 Å². The van der Waals surface area contributed by atoms with E-state index in [2.05, 4.69) is 4.98 Å². The highest BCUT2D eigenvalue weighted by Gasteiger charge is 2.46. The number of aromatic nitrogens is 2.